The lowest BCUT2D eigenvalue weighted by Crippen LogP contribution is -2.26. The number of imidazole rings is 1. The average molecular weight is 249 g/mol. The average Bonchev–Trinajstić information content (AvgIpc) is 2.85. The molecule has 5 nitrogen and oxygen atoms in total. The van der Waals surface area contributed by atoms with E-state index >= 15 is 0 Å². The Morgan fingerprint density at radius 3 is 3.06 bits per heavy atom. The lowest BCUT2D eigenvalue weighted by molar-refractivity contribution is 0.0951. The molecule has 0 saturated carbocycles. The molecule has 0 unspecified atom stereocenters. The number of hydrogen-bond acceptors (Lipinski definition) is 3. The number of nitrogens with zero attached hydrogens (tertiary/aromatic N) is 1. The summed E-state index contributed by atoms with van der Waals surface area (Å²) in [6.07, 6.45) is 3.85. The standard InChI is InChI=1S/C12H12FN3O2/c13-8-1-2-10(17)9(7-8)12(18)16-4-3-11-14-5-6-15-11/h1-2,5-7,17H,3-4H2,(H,14,15)(H,16,18). The summed E-state index contributed by atoms with van der Waals surface area (Å²) in [4.78, 5) is 18.6. The van der Waals surface area contributed by atoms with Crippen LogP contribution in [-0.2, 0) is 6.42 Å². The third kappa shape index (κ3) is 2.85. The number of rotatable bonds is 4. The maximum atomic E-state index is 12.9. The summed E-state index contributed by atoms with van der Waals surface area (Å²) in [6.45, 7) is 0.350. The van der Waals surface area contributed by atoms with Gasteiger partial charge >= 0.3 is 0 Å². The molecule has 0 aliphatic carbocycles. The molecule has 94 valence electrons. The van der Waals surface area contributed by atoms with E-state index in [0.29, 0.717) is 13.0 Å². The Balaban J connectivity index is 1.93. The third-order valence-electron chi connectivity index (χ3n) is 2.41. The van der Waals surface area contributed by atoms with Gasteiger partial charge in [0.05, 0.1) is 5.56 Å². The van der Waals surface area contributed by atoms with Gasteiger partial charge in [0.15, 0.2) is 0 Å². The van der Waals surface area contributed by atoms with E-state index in [2.05, 4.69) is 15.3 Å². The number of benzene rings is 1. The number of H-pyrrole nitrogens is 1. The van der Waals surface area contributed by atoms with Gasteiger partial charge in [-0.1, -0.05) is 0 Å². The van der Waals surface area contributed by atoms with Crippen LogP contribution in [0.2, 0.25) is 0 Å². The van der Waals surface area contributed by atoms with E-state index < -0.39 is 11.7 Å². The Hall–Kier alpha value is -2.37. The van der Waals surface area contributed by atoms with Gasteiger partial charge in [-0.15, -0.1) is 0 Å². The third-order valence-corrected chi connectivity index (χ3v) is 2.41. The number of phenols is 1. The minimum Gasteiger partial charge on any atom is -0.507 e. The molecule has 2 rings (SSSR count). The van der Waals surface area contributed by atoms with Gasteiger partial charge in [-0.2, -0.15) is 0 Å². The molecule has 0 radical (unpaired) electrons. The van der Waals surface area contributed by atoms with Crippen LogP contribution in [0.15, 0.2) is 30.6 Å². The number of aromatic hydroxyl groups is 1. The maximum absolute atomic E-state index is 12.9. The van der Waals surface area contributed by atoms with E-state index in [9.17, 15) is 14.3 Å². The van der Waals surface area contributed by atoms with Gasteiger partial charge in [0.1, 0.15) is 17.4 Å². The van der Waals surface area contributed by atoms with Gasteiger partial charge in [-0.05, 0) is 18.2 Å². The largest absolute Gasteiger partial charge is 0.507 e. The molecule has 3 N–H and O–H groups in total. The first-order valence-corrected chi connectivity index (χ1v) is 5.42. The van der Waals surface area contributed by atoms with Crippen molar-refractivity contribution in [2.45, 2.75) is 6.42 Å². The molecule has 6 heteroatoms. The summed E-state index contributed by atoms with van der Waals surface area (Å²) >= 11 is 0. The van der Waals surface area contributed by atoms with Crippen LogP contribution in [0.5, 0.6) is 5.75 Å². The van der Waals surface area contributed by atoms with Crippen LogP contribution in [0.25, 0.3) is 0 Å². The Bertz CT molecular complexity index is 540. The predicted octanol–water partition coefficient (Wildman–Crippen LogP) is 1.23. The summed E-state index contributed by atoms with van der Waals surface area (Å²) in [5.74, 6) is -0.576. The van der Waals surface area contributed by atoms with Crippen LogP contribution >= 0.6 is 0 Å². The quantitative estimate of drug-likeness (QED) is 0.762. The second-order valence-corrected chi connectivity index (χ2v) is 3.70. The van der Waals surface area contributed by atoms with Gasteiger partial charge in [0.2, 0.25) is 0 Å². The summed E-state index contributed by atoms with van der Waals surface area (Å²) in [6, 6.07) is 3.24. The molecule has 0 aliphatic heterocycles. The van der Waals surface area contributed by atoms with E-state index in [0.717, 1.165) is 24.0 Å². The molecule has 18 heavy (non-hydrogen) atoms. The number of carbonyl (C=O) groups excluding carboxylic acids is 1. The fraction of sp³-hybridized carbons (Fsp3) is 0.167. The van der Waals surface area contributed by atoms with Crippen molar-refractivity contribution in [1.82, 2.24) is 15.3 Å². The van der Waals surface area contributed by atoms with Gasteiger partial charge in [-0.3, -0.25) is 4.79 Å². The fourth-order valence-corrected chi connectivity index (χ4v) is 1.51. The zero-order chi connectivity index (χ0) is 13.0. The first-order valence-electron chi connectivity index (χ1n) is 5.42. The second kappa shape index (κ2) is 5.31. The summed E-state index contributed by atoms with van der Waals surface area (Å²) < 4.78 is 12.9. The van der Waals surface area contributed by atoms with Gasteiger partial charge in [-0.25, -0.2) is 9.37 Å². The van der Waals surface area contributed by atoms with Crippen molar-refractivity contribution in [2.24, 2.45) is 0 Å². The van der Waals surface area contributed by atoms with E-state index in [4.69, 9.17) is 0 Å². The highest BCUT2D eigenvalue weighted by Crippen LogP contribution is 2.17. The minimum atomic E-state index is -0.566. The van der Waals surface area contributed by atoms with Crippen molar-refractivity contribution in [3.05, 3.63) is 47.8 Å². The lowest BCUT2D eigenvalue weighted by Gasteiger charge is -2.06. The molecule has 0 bridgehead atoms. The lowest BCUT2D eigenvalue weighted by atomic mass is 10.2. The highest BCUT2D eigenvalue weighted by atomic mass is 19.1. The zero-order valence-corrected chi connectivity index (χ0v) is 9.48. The fourth-order valence-electron chi connectivity index (χ4n) is 1.51. The van der Waals surface area contributed by atoms with Gasteiger partial charge in [0, 0.05) is 25.4 Å². The number of halogens is 1. The maximum Gasteiger partial charge on any atom is 0.255 e. The number of carbonyl (C=O) groups is 1. The van der Waals surface area contributed by atoms with Crippen LogP contribution in [0.1, 0.15) is 16.2 Å². The Kier molecular flexibility index (Phi) is 3.57. The second-order valence-electron chi connectivity index (χ2n) is 3.70. The molecule has 1 aromatic carbocycles. The van der Waals surface area contributed by atoms with Crippen molar-refractivity contribution in [3.63, 3.8) is 0 Å². The normalized spacial score (nSPS) is 10.3. The molecule has 0 atom stereocenters. The Labute approximate surface area is 103 Å². The van der Waals surface area contributed by atoms with E-state index in [1.54, 1.807) is 12.4 Å². The van der Waals surface area contributed by atoms with Crippen LogP contribution in [0, 0.1) is 5.82 Å². The molecule has 2 aromatic rings. The summed E-state index contributed by atoms with van der Waals surface area (Å²) in [5.41, 5.74) is -0.0746. The Morgan fingerprint density at radius 2 is 2.33 bits per heavy atom. The molecule has 0 spiro atoms. The number of amides is 1. The highest BCUT2D eigenvalue weighted by molar-refractivity contribution is 5.96. The number of aromatic amines is 1. The predicted molar refractivity (Wildman–Crippen MR) is 62.7 cm³/mol. The molecular weight excluding hydrogens is 237 g/mol. The van der Waals surface area contributed by atoms with Crippen LogP contribution in [0.4, 0.5) is 4.39 Å². The van der Waals surface area contributed by atoms with Crippen molar-refractivity contribution < 1.29 is 14.3 Å². The number of nitrogens with one attached hydrogen (secondary N) is 2. The SMILES string of the molecule is O=C(NCCc1ncc[nH]1)c1cc(F)ccc1O. The Morgan fingerprint density at radius 1 is 1.50 bits per heavy atom. The van der Waals surface area contributed by atoms with E-state index in [1.807, 2.05) is 0 Å². The number of phenolic OH excluding ortho intramolecular Hbond substituents is 1. The molecule has 0 aliphatic rings. The van der Waals surface area contributed by atoms with Crippen LogP contribution in [-0.4, -0.2) is 27.5 Å². The van der Waals surface area contributed by atoms with Crippen molar-refractivity contribution in [3.8, 4) is 5.75 Å². The van der Waals surface area contributed by atoms with Crippen molar-refractivity contribution in [1.29, 1.82) is 0 Å². The summed E-state index contributed by atoms with van der Waals surface area (Å²) in [7, 11) is 0. The molecule has 1 aromatic heterocycles. The minimum absolute atomic E-state index is 0.0746. The monoisotopic (exact) mass is 249 g/mol. The van der Waals surface area contributed by atoms with E-state index in [-0.39, 0.29) is 11.3 Å². The smallest absolute Gasteiger partial charge is 0.255 e. The van der Waals surface area contributed by atoms with Crippen molar-refractivity contribution in [2.75, 3.05) is 6.54 Å². The highest BCUT2D eigenvalue weighted by Gasteiger charge is 2.11. The van der Waals surface area contributed by atoms with Gasteiger partial charge in [0.25, 0.3) is 5.91 Å². The van der Waals surface area contributed by atoms with Crippen LogP contribution in [0.3, 0.4) is 0 Å². The van der Waals surface area contributed by atoms with Crippen molar-refractivity contribution >= 4 is 5.91 Å². The molecule has 1 heterocycles. The molecule has 0 fully saturated rings. The zero-order valence-electron chi connectivity index (χ0n) is 9.48. The topological polar surface area (TPSA) is 78.0 Å². The van der Waals surface area contributed by atoms with Gasteiger partial charge < -0.3 is 15.4 Å². The van der Waals surface area contributed by atoms with E-state index in [1.165, 1.54) is 0 Å². The van der Waals surface area contributed by atoms with Crippen LogP contribution < -0.4 is 5.32 Å². The number of aromatic nitrogens is 2. The first-order chi connectivity index (χ1) is 8.66. The molecular formula is C12H12FN3O2. The summed E-state index contributed by atoms with van der Waals surface area (Å²) in [5, 5.41) is 12.0. The molecule has 0 saturated heterocycles. The molecule has 1 amide bonds. The first kappa shape index (κ1) is 12.1. The number of hydrogen-bond donors (Lipinski definition) is 3.